The third-order valence-electron chi connectivity index (χ3n) is 1.86. The Labute approximate surface area is 99.9 Å². The third kappa shape index (κ3) is 2.72. The lowest BCUT2D eigenvalue weighted by molar-refractivity contribution is 0.0610. The van der Waals surface area contributed by atoms with Gasteiger partial charge in [0.1, 0.15) is 16.6 Å². The van der Waals surface area contributed by atoms with Gasteiger partial charge in [-0.2, -0.15) is 0 Å². The van der Waals surface area contributed by atoms with Crippen LogP contribution in [0.4, 0.5) is 4.79 Å². The second kappa shape index (κ2) is 4.04. The highest BCUT2D eigenvalue weighted by atomic mass is 16.6. The van der Waals surface area contributed by atoms with Gasteiger partial charge in [0, 0.05) is 0 Å². The van der Waals surface area contributed by atoms with E-state index in [2.05, 4.69) is 15.7 Å². The van der Waals surface area contributed by atoms with E-state index in [-0.39, 0.29) is 6.04 Å². The molecule has 0 saturated carbocycles. The van der Waals surface area contributed by atoms with Crippen LogP contribution in [-0.4, -0.2) is 26.8 Å². The molecule has 1 amide bonds. The van der Waals surface area contributed by atoms with Gasteiger partial charge in [-0.05, 0) is 38.1 Å². The molecule has 2 rings (SSSR count). The number of para-hydroxylation sites is 1. The van der Waals surface area contributed by atoms with Crippen LogP contribution in [0.2, 0.25) is 0 Å². The van der Waals surface area contributed by atoms with Crippen molar-refractivity contribution in [2.45, 2.75) is 26.4 Å². The van der Waals surface area contributed by atoms with Crippen molar-refractivity contribution in [2.75, 3.05) is 5.43 Å². The molecule has 1 N–H and O–H groups in total. The first-order valence-corrected chi connectivity index (χ1v) is 5.18. The van der Waals surface area contributed by atoms with Gasteiger partial charge in [-0.15, -0.1) is 9.89 Å². The molecule has 1 aromatic carbocycles. The van der Waals surface area contributed by atoms with Crippen LogP contribution in [-0.2, 0) is 4.74 Å². The van der Waals surface area contributed by atoms with E-state index in [1.807, 2.05) is 0 Å². The molecule has 6 heteroatoms. The van der Waals surface area contributed by atoms with Crippen molar-refractivity contribution in [3.63, 3.8) is 0 Å². The van der Waals surface area contributed by atoms with E-state index in [0.29, 0.717) is 11.0 Å². The number of amides is 1. The number of nitrogens with one attached hydrogen (secondary N) is 1. The molecule has 90 valence electrons. The maximum absolute atomic E-state index is 11.6. The summed E-state index contributed by atoms with van der Waals surface area (Å²) in [6, 6.07) is 5.25. The summed E-state index contributed by atoms with van der Waals surface area (Å²) in [4.78, 5) is 12.7. The van der Waals surface area contributed by atoms with Crippen molar-refractivity contribution in [1.82, 2.24) is 15.1 Å². The Bertz CT molecular complexity index is 588. The standard InChI is InChI=1S/C11H14N4O2/c1-11(2,3)17-10(16)13-15-9-7-5-4-6-8(9)12-14-15/h4-7H,1-3H3,(H,13,16)/i7D. The second-order valence-corrected chi connectivity index (χ2v) is 4.52. The van der Waals surface area contributed by atoms with Gasteiger partial charge in [0.15, 0.2) is 0 Å². The summed E-state index contributed by atoms with van der Waals surface area (Å²) < 4.78 is 12.9. The highest BCUT2D eigenvalue weighted by molar-refractivity contribution is 5.80. The van der Waals surface area contributed by atoms with Gasteiger partial charge in [-0.1, -0.05) is 12.1 Å². The Hall–Kier alpha value is -2.11. The van der Waals surface area contributed by atoms with Gasteiger partial charge in [-0.3, -0.25) is 0 Å². The van der Waals surface area contributed by atoms with Crippen LogP contribution in [0.5, 0.6) is 0 Å². The third-order valence-corrected chi connectivity index (χ3v) is 1.86. The van der Waals surface area contributed by atoms with E-state index in [1.165, 1.54) is 0 Å². The van der Waals surface area contributed by atoms with Crippen LogP contribution in [0, 0.1) is 0 Å². The zero-order valence-corrected chi connectivity index (χ0v) is 9.89. The lowest BCUT2D eigenvalue weighted by atomic mass is 10.2. The molecular formula is C11H14N4O2. The minimum atomic E-state index is -0.641. The average molecular weight is 235 g/mol. The minimum Gasteiger partial charge on any atom is -0.443 e. The predicted octanol–water partition coefficient (Wildman–Crippen LogP) is 1.91. The number of benzene rings is 1. The molecule has 0 aliphatic heterocycles. The molecule has 0 saturated heterocycles. The molecule has 0 radical (unpaired) electrons. The van der Waals surface area contributed by atoms with Crippen LogP contribution >= 0.6 is 0 Å². The Morgan fingerprint density at radius 1 is 1.53 bits per heavy atom. The molecule has 0 aliphatic rings. The SMILES string of the molecule is [2H]c1cccc2nnn(NC(=O)OC(C)(C)C)c12. The zero-order chi connectivity index (χ0) is 13.3. The number of aromatic nitrogens is 3. The van der Waals surface area contributed by atoms with Crippen molar-refractivity contribution < 1.29 is 10.9 Å². The lowest BCUT2D eigenvalue weighted by Gasteiger charge is -2.19. The first kappa shape index (κ1) is 10.1. The maximum atomic E-state index is 11.6. The lowest BCUT2D eigenvalue weighted by Crippen LogP contribution is -2.32. The number of hydrogen-bond acceptors (Lipinski definition) is 4. The Balaban J connectivity index is 2.25. The van der Waals surface area contributed by atoms with Gasteiger partial charge in [-0.25, -0.2) is 10.2 Å². The van der Waals surface area contributed by atoms with Crippen LogP contribution < -0.4 is 5.43 Å². The quantitative estimate of drug-likeness (QED) is 0.819. The van der Waals surface area contributed by atoms with E-state index in [4.69, 9.17) is 6.11 Å². The summed E-state index contributed by atoms with van der Waals surface area (Å²) in [5.74, 6) is 0. The van der Waals surface area contributed by atoms with Gasteiger partial charge in [0.2, 0.25) is 0 Å². The van der Waals surface area contributed by atoms with E-state index in [9.17, 15) is 4.79 Å². The first-order valence-electron chi connectivity index (χ1n) is 5.68. The second-order valence-electron chi connectivity index (χ2n) is 4.52. The van der Waals surface area contributed by atoms with Crippen LogP contribution in [0.1, 0.15) is 22.1 Å². The van der Waals surface area contributed by atoms with Crippen molar-refractivity contribution in [1.29, 1.82) is 0 Å². The van der Waals surface area contributed by atoms with E-state index in [0.717, 1.165) is 4.79 Å². The molecule has 6 nitrogen and oxygen atoms in total. The molecule has 0 aliphatic carbocycles. The molecule has 0 fully saturated rings. The van der Waals surface area contributed by atoms with Gasteiger partial charge >= 0.3 is 6.09 Å². The van der Waals surface area contributed by atoms with E-state index >= 15 is 0 Å². The molecule has 0 atom stereocenters. The van der Waals surface area contributed by atoms with Gasteiger partial charge in [0.25, 0.3) is 0 Å². The number of ether oxygens (including phenoxy) is 1. The topological polar surface area (TPSA) is 69.0 Å². The number of carbonyl (C=O) groups excluding carboxylic acids is 1. The van der Waals surface area contributed by atoms with Gasteiger partial charge < -0.3 is 4.74 Å². The Morgan fingerprint density at radius 2 is 2.29 bits per heavy atom. The monoisotopic (exact) mass is 235 g/mol. The van der Waals surface area contributed by atoms with Gasteiger partial charge in [0.05, 0.1) is 1.37 Å². The summed E-state index contributed by atoms with van der Waals surface area (Å²) in [5.41, 5.74) is 2.81. The fraction of sp³-hybridized carbons (Fsp3) is 0.364. The summed E-state index contributed by atoms with van der Waals surface area (Å²) in [7, 11) is 0. The van der Waals surface area contributed by atoms with Crippen molar-refractivity contribution in [3.8, 4) is 0 Å². The maximum Gasteiger partial charge on any atom is 0.428 e. The number of fused-ring (bicyclic) bond motifs is 1. The highest BCUT2D eigenvalue weighted by Gasteiger charge is 2.17. The van der Waals surface area contributed by atoms with E-state index in [1.54, 1.807) is 39.0 Å². The molecule has 1 heterocycles. The van der Waals surface area contributed by atoms with Crippen molar-refractivity contribution in [2.24, 2.45) is 0 Å². The van der Waals surface area contributed by atoms with Crippen molar-refractivity contribution in [3.05, 3.63) is 24.2 Å². The smallest absolute Gasteiger partial charge is 0.428 e. The van der Waals surface area contributed by atoms with Crippen LogP contribution in [0.3, 0.4) is 0 Å². The average Bonchev–Trinajstić information content (AvgIpc) is 2.59. The molecule has 2 aromatic rings. The minimum absolute atomic E-state index is 0.230. The molecule has 17 heavy (non-hydrogen) atoms. The van der Waals surface area contributed by atoms with Crippen molar-refractivity contribution >= 4 is 17.1 Å². The summed E-state index contributed by atoms with van der Waals surface area (Å²) >= 11 is 0. The Morgan fingerprint density at radius 3 is 3.00 bits per heavy atom. The molecule has 0 spiro atoms. The number of rotatable bonds is 1. The highest BCUT2D eigenvalue weighted by Crippen LogP contribution is 2.10. The normalized spacial score (nSPS) is 12.3. The largest absolute Gasteiger partial charge is 0.443 e. The fourth-order valence-electron chi connectivity index (χ4n) is 1.27. The summed E-state index contributed by atoms with van der Waals surface area (Å²) in [5, 5.41) is 7.61. The zero-order valence-electron chi connectivity index (χ0n) is 10.9. The predicted molar refractivity (Wildman–Crippen MR) is 63.1 cm³/mol. The molecule has 0 unspecified atom stereocenters. The summed E-state index contributed by atoms with van der Waals surface area (Å²) in [6.07, 6.45) is -0.641. The van der Waals surface area contributed by atoms with Crippen LogP contribution in [0.15, 0.2) is 24.2 Å². The Kier molecular flexibility index (Phi) is 2.40. The fourth-order valence-corrected chi connectivity index (χ4v) is 1.27. The summed E-state index contributed by atoms with van der Waals surface area (Å²) in [6.45, 7) is 5.30. The molecule has 0 bridgehead atoms. The molecular weight excluding hydrogens is 220 g/mol. The number of nitrogens with zero attached hydrogens (tertiary/aromatic N) is 3. The van der Waals surface area contributed by atoms with E-state index < -0.39 is 11.7 Å². The van der Waals surface area contributed by atoms with Crippen LogP contribution in [0.25, 0.3) is 11.0 Å². The number of hydrogen-bond donors (Lipinski definition) is 1. The first-order chi connectivity index (χ1) is 8.37. The molecule has 1 aromatic heterocycles. The number of carbonyl (C=O) groups is 1.